The number of carbonyl (C=O) groups excluding carboxylic acids is 5. The van der Waals surface area contributed by atoms with Crippen LogP contribution in [0.25, 0.3) is 11.0 Å². The van der Waals surface area contributed by atoms with Crippen LogP contribution in [-0.4, -0.2) is 46.5 Å². The van der Waals surface area contributed by atoms with Gasteiger partial charge in [0, 0.05) is 46.2 Å². The van der Waals surface area contributed by atoms with Crippen LogP contribution in [-0.2, 0) is 11.2 Å². The molecular formula is C39H39FN4O5. The fraction of sp³-hybridized carbons (Fsp3) is 0.231. The van der Waals surface area contributed by atoms with Crippen molar-refractivity contribution >= 4 is 51.8 Å². The molecule has 7 rings (SSSR count). The number of fused-ring (bicyclic) bond motifs is 6. The lowest BCUT2D eigenvalue weighted by Crippen LogP contribution is -2.22. The van der Waals surface area contributed by atoms with Gasteiger partial charge in [-0.3, -0.25) is 23.6 Å². The molecule has 5 N–H and O–H groups in total. The van der Waals surface area contributed by atoms with Crippen LogP contribution in [0.5, 0.6) is 0 Å². The molecule has 0 saturated carbocycles. The number of aryl methyl sites for hydroxylation is 1. The van der Waals surface area contributed by atoms with E-state index in [4.69, 9.17) is 12.8 Å². The lowest BCUT2D eigenvalue weighted by molar-refractivity contribution is -0.107. The summed E-state index contributed by atoms with van der Waals surface area (Å²) in [5.74, 6) is 0.218. The number of hydrogen-bond acceptors (Lipinski definition) is 8. The number of H-pyrrole nitrogens is 1. The number of imidazole rings is 1. The molecule has 49 heavy (non-hydrogen) atoms. The van der Waals surface area contributed by atoms with Gasteiger partial charge in [-0.15, -0.1) is 0 Å². The quantitative estimate of drug-likeness (QED) is 0.0949. The lowest BCUT2D eigenvalue weighted by Gasteiger charge is -2.19. The van der Waals surface area contributed by atoms with Gasteiger partial charge in [-0.05, 0) is 37.1 Å². The predicted molar refractivity (Wildman–Crippen MR) is 189 cm³/mol. The van der Waals surface area contributed by atoms with E-state index in [0.29, 0.717) is 50.1 Å². The summed E-state index contributed by atoms with van der Waals surface area (Å²) in [5.41, 5.74) is 16.6. The molecule has 0 amide bonds. The van der Waals surface area contributed by atoms with Gasteiger partial charge in [0.2, 0.25) is 0 Å². The number of rotatable bonds is 6. The minimum absolute atomic E-state index is 0.102. The number of carbonyl (C=O) groups is 5. The van der Waals surface area contributed by atoms with E-state index in [1.807, 2.05) is 6.07 Å². The number of aromatic nitrogens is 2. The predicted octanol–water partition coefficient (Wildman–Crippen LogP) is 7.27. The summed E-state index contributed by atoms with van der Waals surface area (Å²) in [6, 6.07) is 20.4. The van der Waals surface area contributed by atoms with Crippen LogP contribution >= 0.6 is 0 Å². The van der Waals surface area contributed by atoms with Gasteiger partial charge in [0.05, 0.1) is 36.5 Å². The third-order valence-corrected chi connectivity index (χ3v) is 8.20. The molecule has 0 spiro atoms. The minimum Gasteiger partial charge on any atom is -0.397 e. The van der Waals surface area contributed by atoms with Gasteiger partial charge >= 0.3 is 0 Å². The maximum absolute atomic E-state index is 12.9. The summed E-state index contributed by atoms with van der Waals surface area (Å²) in [7, 11) is -1.00. The van der Waals surface area contributed by atoms with Crippen molar-refractivity contribution in [1.82, 2.24) is 9.97 Å². The van der Waals surface area contributed by atoms with Crippen molar-refractivity contribution in [3.8, 4) is 0 Å². The van der Waals surface area contributed by atoms with Crippen LogP contribution in [0.3, 0.4) is 0 Å². The largest absolute Gasteiger partial charge is 0.397 e. The number of nitrogens with one attached hydrogen (secondary N) is 1. The van der Waals surface area contributed by atoms with Crippen LogP contribution in [0.4, 0.5) is 15.8 Å². The maximum Gasteiger partial charge on any atom is 0.196 e. The van der Waals surface area contributed by atoms with E-state index in [0.717, 1.165) is 56.2 Å². The summed E-state index contributed by atoms with van der Waals surface area (Å²) >= 11 is 0. The lowest BCUT2D eigenvalue weighted by atomic mass is 9.83. The summed E-state index contributed by atoms with van der Waals surface area (Å²) in [6.07, 6.45) is 6.83. The SMILES string of the molecule is CCCCC=O.CCCCc1nc2c3c(ccc2[nH]1)C(=O)c1ccccc1C3=O.Nc1ccc2c(c1N)C(=O)c1ccccc1C2=O.[2H]CF. The van der Waals surface area contributed by atoms with E-state index >= 15 is 0 Å². The fourth-order valence-electron chi connectivity index (χ4n) is 5.68. The first-order valence-corrected chi connectivity index (χ1v) is 16.0. The zero-order chi connectivity index (χ0) is 36.4. The van der Waals surface area contributed by atoms with Crippen LogP contribution < -0.4 is 11.5 Å². The number of nitrogen functional groups attached to an aromatic ring is 2. The molecular weight excluding hydrogens is 623 g/mol. The molecule has 0 radical (unpaired) electrons. The Hall–Kier alpha value is -5.77. The van der Waals surface area contributed by atoms with Crippen molar-refractivity contribution in [2.45, 2.75) is 52.4 Å². The van der Waals surface area contributed by atoms with E-state index in [1.54, 1.807) is 66.7 Å². The first-order valence-electron chi connectivity index (χ1n) is 16.7. The number of aromatic amines is 1. The average Bonchev–Trinajstić information content (AvgIpc) is 3.56. The van der Waals surface area contributed by atoms with Gasteiger partial charge in [-0.25, -0.2) is 4.98 Å². The second-order valence-corrected chi connectivity index (χ2v) is 11.4. The minimum atomic E-state index is -1.00. The topological polar surface area (TPSA) is 166 Å². The Balaban J connectivity index is 0.000000185. The summed E-state index contributed by atoms with van der Waals surface area (Å²) in [4.78, 5) is 67.6. The van der Waals surface area contributed by atoms with E-state index < -0.39 is 7.15 Å². The Kier molecular flexibility index (Phi) is 11.5. The Morgan fingerprint density at radius 1 is 0.714 bits per heavy atom. The molecule has 0 bridgehead atoms. The third-order valence-electron chi connectivity index (χ3n) is 8.20. The monoisotopic (exact) mass is 663 g/mol. The van der Waals surface area contributed by atoms with E-state index in [2.05, 4.69) is 23.8 Å². The number of nitrogens with two attached hydrogens (primary N) is 2. The number of anilines is 2. The molecule has 9 nitrogen and oxygen atoms in total. The highest BCUT2D eigenvalue weighted by Gasteiger charge is 2.33. The zero-order valence-electron chi connectivity index (χ0n) is 28.5. The molecule has 2 aliphatic rings. The summed E-state index contributed by atoms with van der Waals surface area (Å²) in [6.45, 7) is 4.20. The van der Waals surface area contributed by atoms with Gasteiger partial charge < -0.3 is 21.2 Å². The number of aldehydes is 1. The smallest absolute Gasteiger partial charge is 0.196 e. The summed E-state index contributed by atoms with van der Waals surface area (Å²) < 4.78 is 15.5. The molecule has 0 fully saturated rings. The molecule has 252 valence electrons. The number of alkyl halides is 1. The standard InChI is InChI=1S/C19H16N2O2.C14H10N2O2.C5H10O.CH3F/c1-2-3-8-15-20-14-10-9-13-16(17(14)21-15)19(23)12-7-5-4-6-11(12)18(13)22;15-10-6-5-9-11(12(10)16)14(18)8-4-2-1-3-7(8)13(9)17;1-2-3-4-5-6;1-2/h4-7,9-10H,2-3,8H2,1H3,(H,20,21);1-6H,15-16H2;5H,2-4H2,1H3;1H3/i;;;1D. The molecule has 10 heteroatoms. The van der Waals surface area contributed by atoms with Crippen molar-refractivity contribution in [3.63, 3.8) is 0 Å². The Morgan fingerprint density at radius 3 is 1.71 bits per heavy atom. The summed E-state index contributed by atoms with van der Waals surface area (Å²) in [5, 5.41) is 0. The van der Waals surface area contributed by atoms with Gasteiger partial charge in [-0.2, -0.15) is 0 Å². The third kappa shape index (κ3) is 7.23. The van der Waals surface area contributed by atoms with Crippen molar-refractivity contribution in [2.75, 3.05) is 18.6 Å². The van der Waals surface area contributed by atoms with E-state index in [9.17, 15) is 28.4 Å². The molecule has 1 aromatic heterocycles. The van der Waals surface area contributed by atoms with Gasteiger partial charge in [0.1, 0.15) is 17.6 Å². The van der Waals surface area contributed by atoms with Crippen molar-refractivity contribution in [2.24, 2.45) is 0 Å². The van der Waals surface area contributed by atoms with Crippen molar-refractivity contribution < 1.29 is 29.7 Å². The number of benzene rings is 4. The normalized spacial score (nSPS) is 12.4. The van der Waals surface area contributed by atoms with Crippen LogP contribution in [0, 0.1) is 0 Å². The second-order valence-electron chi connectivity index (χ2n) is 11.4. The average molecular weight is 664 g/mol. The highest BCUT2D eigenvalue weighted by atomic mass is 19.1. The Labute approximate surface area is 285 Å². The first kappa shape index (κ1) is 34.6. The molecule has 0 atom stereocenters. The van der Waals surface area contributed by atoms with Crippen LogP contribution in [0.15, 0.2) is 72.8 Å². The Morgan fingerprint density at radius 2 is 1.20 bits per heavy atom. The van der Waals surface area contributed by atoms with Gasteiger partial charge in [0.15, 0.2) is 23.1 Å². The number of ketones is 4. The highest BCUT2D eigenvalue weighted by Crippen LogP contribution is 2.34. The molecule has 1 heterocycles. The molecule has 5 aromatic rings. The van der Waals surface area contributed by atoms with Gasteiger partial charge in [-0.1, -0.05) is 75.2 Å². The molecule has 0 aliphatic heterocycles. The van der Waals surface area contributed by atoms with Gasteiger partial charge in [0.25, 0.3) is 0 Å². The van der Waals surface area contributed by atoms with E-state index in [-0.39, 0.29) is 34.4 Å². The van der Waals surface area contributed by atoms with Crippen molar-refractivity contribution in [3.05, 3.63) is 123 Å². The second kappa shape index (κ2) is 16.4. The number of halogens is 1. The van der Waals surface area contributed by atoms with E-state index in [1.165, 1.54) is 0 Å². The number of nitrogens with zero attached hydrogens (tertiary/aromatic N) is 1. The zero-order valence-corrected chi connectivity index (χ0v) is 27.5. The first-order chi connectivity index (χ1) is 24.1. The van der Waals surface area contributed by atoms with Crippen molar-refractivity contribution in [1.29, 1.82) is 0 Å². The molecule has 4 aromatic carbocycles. The Bertz CT molecular complexity index is 2070. The molecule has 0 unspecified atom stereocenters. The fourth-order valence-corrected chi connectivity index (χ4v) is 5.68. The maximum atomic E-state index is 12.9. The number of hydrogen-bond donors (Lipinski definition) is 3. The molecule has 2 aliphatic carbocycles. The van der Waals surface area contributed by atoms with Crippen LogP contribution in [0.1, 0.15) is 117 Å². The highest BCUT2D eigenvalue weighted by molar-refractivity contribution is 6.32. The van der Waals surface area contributed by atoms with Crippen LogP contribution in [0.2, 0.25) is 0 Å². The number of unbranched alkanes of at least 4 members (excludes halogenated alkanes) is 3. The molecule has 0 saturated heterocycles.